The Kier molecular flexibility index (Phi) is 3.34. The highest BCUT2D eigenvalue weighted by Gasteiger charge is 2.54. The second-order valence-electron chi connectivity index (χ2n) is 7.69. The van der Waals surface area contributed by atoms with Gasteiger partial charge >= 0.3 is 0 Å². The van der Waals surface area contributed by atoms with Gasteiger partial charge in [-0.25, -0.2) is 0 Å². The zero-order chi connectivity index (χ0) is 15.4. The van der Waals surface area contributed by atoms with E-state index in [9.17, 15) is 5.11 Å². The quantitative estimate of drug-likeness (QED) is 0.908. The van der Waals surface area contributed by atoms with E-state index in [1.54, 1.807) is 0 Å². The van der Waals surface area contributed by atoms with Gasteiger partial charge in [0.25, 0.3) is 0 Å². The van der Waals surface area contributed by atoms with Gasteiger partial charge in [0.2, 0.25) is 0 Å². The summed E-state index contributed by atoms with van der Waals surface area (Å²) in [7, 11) is 0. The van der Waals surface area contributed by atoms with Crippen molar-refractivity contribution >= 4 is 5.69 Å². The Morgan fingerprint density at radius 3 is 2.48 bits per heavy atom. The van der Waals surface area contributed by atoms with E-state index in [0.29, 0.717) is 6.04 Å². The highest BCUT2D eigenvalue weighted by atomic mass is 16.5. The van der Waals surface area contributed by atoms with Crippen LogP contribution in [0.4, 0.5) is 5.69 Å². The number of hydrogen-bond acceptors (Lipinski definition) is 3. The van der Waals surface area contributed by atoms with Gasteiger partial charge in [-0.05, 0) is 52.7 Å². The average molecular weight is 289 g/mol. The highest BCUT2D eigenvalue weighted by molar-refractivity contribution is 5.59. The van der Waals surface area contributed by atoms with E-state index in [4.69, 9.17) is 4.74 Å². The normalized spacial score (nSPS) is 33.2. The smallest absolute Gasteiger partial charge is 0.0897 e. The minimum absolute atomic E-state index is 0.112. The van der Waals surface area contributed by atoms with Crippen molar-refractivity contribution in [1.82, 2.24) is 0 Å². The van der Waals surface area contributed by atoms with Gasteiger partial charge in [-0.15, -0.1) is 0 Å². The maximum Gasteiger partial charge on any atom is 0.0897 e. The summed E-state index contributed by atoms with van der Waals surface area (Å²) in [6, 6.07) is 9.09. The van der Waals surface area contributed by atoms with E-state index < -0.39 is 11.7 Å². The first kappa shape index (κ1) is 14.9. The van der Waals surface area contributed by atoms with Gasteiger partial charge < -0.3 is 14.7 Å². The molecule has 2 heterocycles. The van der Waals surface area contributed by atoms with E-state index in [-0.39, 0.29) is 11.5 Å². The second kappa shape index (κ2) is 4.72. The summed E-state index contributed by atoms with van der Waals surface area (Å²) in [6.45, 7) is 11.3. The molecule has 3 nitrogen and oxygen atoms in total. The van der Waals surface area contributed by atoms with Crippen molar-refractivity contribution in [3.63, 3.8) is 0 Å². The molecule has 1 N–H and O–H groups in total. The first-order valence-corrected chi connectivity index (χ1v) is 7.95. The van der Waals surface area contributed by atoms with Crippen molar-refractivity contribution < 1.29 is 9.84 Å². The molecule has 3 rings (SSSR count). The lowest BCUT2D eigenvalue weighted by Crippen LogP contribution is -2.45. The van der Waals surface area contributed by atoms with Gasteiger partial charge in [-0.2, -0.15) is 0 Å². The molecule has 2 aliphatic heterocycles. The molecule has 1 saturated heterocycles. The van der Waals surface area contributed by atoms with Crippen LogP contribution in [0, 0.1) is 5.92 Å². The number of hydrogen-bond donors (Lipinski definition) is 1. The summed E-state index contributed by atoms with van der Waals surface area (Å²) < 4.78 is 6.12. The number of fused-ring (bicyclic) bond motifs is 1. The molecule has 1 fully saturated rings. The van der Waals surface area contributed by atoms with Crippen molar-refractivity contribution in [2.24, 2.45) is 5.92 Å². The van der Waals surface area contributed by atoms with Crippen molar-refractivity contribution in [2.45, 2.75) is 64.4 Å². The van der Waals surface area contributed by atoms with Crippen LogP contribution in [0.2, 0.25) is 0 Å². The third-order valence-electron chi connectivity index (χ3n) is 5.25. The Morgan fingerprint density at radius 1 is 1.19 bits per heavy atom. The van der Waals surface area contributed by atoms with E-state index in [2.05, 4.69) is 49.9 Å². The molecule has 3 atom stereocenters. The van der Waals surface area contributed by atoms with Crippen molar-refractivity contribution in [3.05, 3.63) is 29.8 Å². The molecule has 21 heavy (non-hydrogen) atoms. The number of nitrogens with zero attached hydrogens (tertiary/aromatic N) is 1. The van der Waals surface area contributed by atoms with Crippen LogP contribution in [0.15, 0.2) is 24.3 Å². The van der Waals surface area contributed by atoms with E-state index in [1.165, 1.54) is 11.3 Å². The number of rotatable bonds is 2. The molecule has 2 aliphatic rings. The lowest BCUT2D eigenvalue weighted by atomic mass is 9.84. The molecule has 1 aromatic carbocycles. The fraction of sp³-hybridized carbons (Fsp3) is 0.667. The third kappa shape index (κ3) is 2.36. The molecule has 0 saturated carbocycles. The first-order chi connectivity index (χ1) is 9.72. The predicted octanol–water partition coefficient (Wildman–Crippen LogP) is 3.00. The Morgan fingerprint density at radius 2 is 1.86 bits per heavy atom. The molecule has 116 valence electrons. The Hall–Kier alpha value is -1.06. The minimum atomic E-state index is -0.476. The molecule has 3 heteroatoms. The number of anilines is 1. The van der Waals surface area contributed by atoms with Crippen LogP contribution < -0.4 is 4.90 Å². The van der Waals surface area contributed by atoms with Crippen molar-refractivity contribution in [3.8, 4) is 0 Å². The Bertz CT molecular complexity index is 538. The summed E-state index contributed by atoms with van der Waals surface area (Å²) in [5.41, 5.74) is 1.95. The van der Waals surface area contributed by atoms with Crippen molar-refractivity contribution in [2.75, 3.05) is 11.4 Å². The molecule has 0 radical (unpaired) electrons. The molecule has 0 aromatic heterocycles. The predicted molar refractivity (Wildman–Crippen MR) is 85.7 cm³/mol. The first-order valence-electron chi connectivity index (χ1n) is 7.95. The largest absolute Gasteiger partial charge is 0.390 e. The maximum absolute atomic E-state index is 10.7. The summed E-state index contributed by atoms with van der Waals surface area (Å²) >= 11 is 0. The SMILES string of the molecule is CC1Cc2ccccc2N1CC1C(O)C(C)(C)OC1(C)C. The fourth-order valence-corrected chi connectivity index (χ4v) is 4.12. The van der Waals surface area contributed by atoms with Gasteiger partial charge in [0.15, 0.2) is 0 Å². The van der Waals surface area contributed by atoms with Crippen LogP contribution >= 0.6 is 0 Å². The van der Waals surface area contributed by atoms with Crippen LogP contribution in [-0.2, 0) is 11.2 Å². The number of benzene rings is 1. The van der Waals surface area contributed by atoms with Gasteiger partial charge in [0.1, 0.15) is 0 Å². The molecule has 0 amide bonds. The van der Waals surface area contributed by atoms with Gasteiger partial charge in [-0.1, -0.05) is 18.2 Å². The number of aliphatic hydroxyl groups excluding tert-OH is 1. The van der Waals surface area contributed by atoms with Gasteiger partial charge in [0.05, 0.1) is 17.3 Å². The van der Waals surface area contributed by atoms with E-state index in [1.807, 2.05) is 13.8 Å². The molecule has 3 unspecified atom stereocenters. The molecular formula is C18H27NO2. The van der Waals surface area contributed by atoms with Gasteiger partial charge in [0, 0.05) is 24.2 Å². The Labute approximate surface area is 127 Å². The second-order valence-corrected chi connectivity index (χ2v) is 7.69. The third-order valence-corrected chi connectivity index (χ3v) is 5.25. The summed E-state index contributed by atoms with van der Waals surface area (Å²) in [5.74, 6) is 0.112. The molecule has 0 aliphatic carbocycles. The topological polar surface area (TPSA) is 32.7 Å². The monoisotopic (exact) mass is 289 g/mol. The summed E-state index contributed by atoms with van der Waals surface area (Å²) in [5, 5.41) is 10.7. The number of ether oxygens (including phenoxy) is 1. The van der Waals surface area contributed by atoms with Crippen LogP contribution in [-0.4, -0.2) is 35.0 Å². The Balaban J connectivity index is 1.87. The summed E-state index contributed by atoms with van der Waals surface area (Å²) in [6.07, 6.45) is 0.649. The zero-order valence-corrected chi connectivity index (χ0v) is 13.8. The van der Waals surface area contributed by atoms with Crippen LogP contribution in [0.3, 0.4) is 0 Å². The molecule has 1 aromatic rings. The van der Waals surface area contributed by atoms with Crippen LogP contribution in [0.1, 0.15) is 40.2 Å². The van der Waals surface area contributed by atoms with E-state index in [0.717, 1.165) is 13.0 Å². The van der Waals surface area contributed by atoms with Crippen molar-refractivity contribution in [1.29, 1.82) is 0 Å². The molecular weight excluding hydrogens is 262 g/mol. The van der Waals surface area contributed by atoms with Crippen LogP contribution in [0.25, 0.3) is 0 Å². The minimum Gasteiger partial charge on any atom is -0.390 e. The maximum atomic E-state index is 10.7. The molecule has 0 bridgehead atoms. The lowest BCUT2D eigenvalue weighted by molar-refractivity contribution is -0.0906. The number of para-hydroxylation sites is 1. The van der Waals surface area contributed by atoms with E-state index >= 15 is 0 Å². The summed E-state index contributed by atoms with van der Waals surface area (Å²) in [4.78, 5) is 2.44. The fourth-order valence-electron chi connectivity index (χ4n) is 4.12. The number of aliphatic hydroxyl groups is 1. The highest BCUT2D eigenvalue weighted by Crippen LogP contribution is 2.44. The molecule has 0 spiro atoms. The lowest BCUT2D eigenvalue weighted by Gasteiger charge is -2.34. The average Bonchev–Trinajstić information content (AvgIpc) is 2.76. The van der Waals surface area contributed by atoms with Crippen LogP contribution in [0.5, 0.6) is 0 Å². The van der Waals surface area contributed by atoms with Gasteiger partial charge in [-0.3, -0.25) is 0 Å². The standard InChI is InChI=1S/C18H27NO2/c1-12-10-13-8-6-7-9-15(13)19(12)11-14-16(20)18(4,5)21-17(14,2)3/h6-9,12,14,16,20H,10-11H2,1-5H3. The zero-order valence-electron chi connectivity index (χ0n) is 13.8.